The van der Waals surface area contributed by atoms with Gasteiger partial charge < -0.3 is 24.8 Å². The van der Waals surface area contributed by atoms with Crippen LogP contribution < -0.4 is 0 Å². The highest BCUT2D eigenvalue weighted by Crippen LogP contribution is 1.64. The molecule has 5 nitrogen and oxygen atoms in total. The maximum Gasteiger partial charge on any atom is 0.0693 e. The van der Waals surface area contributed by atoms with Crippen LogP contribution in [0.4, 0.5) is 0 Å². The zero-order valence-corrected chi connectivity index (χ0v) is 9.40. The van der Waals surface area contributed by atoms with Crippen LogP contribution in [0.5, 0.6) is 0 Å². The fraction of sp³-hybridized carbons (Fsp3) is 1.00. The van der Waals surface area contributed by atoms with Gasteiger partial charge >= 0.3 is 0 Å². The van der Waals surface area contributed by atoms with Gasteiger partial charge in [-0.1, -0.05) is 0 Å². The van der Waals surface area contributed by atoms with Crippen molar-refractivity contribution in [2.24, 2.45) is 0 Å². The molecule has 5 heteroatoms. The largest absolute Gasteiger partial charge is 0.394 e. The number of hydrogen-bond donors (Lipinski definition) is 3. The highest BCUT2D eigenvalue weighted by atomic mass is 16.5. The van der Waals surface area contributed by atoms with E-state index in [1.807, 2.05) is 13.8 Å². The summed E-state index contributed by atoms with van der Waals surface area (Å²) in [7, 11) is 1.55. The maximum absolute atomic E-state index is 7.94. The lowest BCUT2D eigenvalue weighted by Crippen LogP contribution is -1.91. The Morgan fingerprint density at radius 3 is 1.29 bits per heavy atom. The van der Waals surface area contributed by atoms with E-state index in [9.17, 15) is 0 Å². The van der Waals surface area contributed by atoms with Gasteiger partial charge in [-0.3, -0.25) is 0 Å². The van der Waals surface area contributed by atoms with Crippen molar-refractivity contribution >= 4 is 0 Å². The van der Waals surface area contributed by atoms with Gasteiger partial charge in [0.1, 0.15) is 0 Å². The minimum Gasteiger partial charge on any atom is -0.394 e. The molecule has 0 aliphatic rings. The normalized spacial score (nSPS) is 8.14. The molecule has 14 heavy (non-hydrogen) atoms. The molecule has 0 aromatic heterocycles. The van der Waals surface area contributed by atoms with Crippen LogP contribution in [0.3, 0.4) is 0 Å². The van der Waals surface area contributed by atoms with E-state index in [1.54, 1.807) is 7.11 Å². The Bertz CT molecular complexity index is 49.2. The Hall–Kier alpha value is -0.200. The van der Waals surface area contributed by atoms with E-state index in [2.05, 4.69) is 4.74 Å². The Morgan fingerprint density at radius 2 is 1.29 bits per heavy atom. The molecule has 0 heterocycles. The molecular formula is C9H24O5. The molecule has 0 unspecified atom stereocenters. The van der Waals surface area contributed by atoms with Crippen LogP contribution in [0.2, 0.25) is 0 Å². The van der Waals surface area contributed by atoms with Crippen molar-refractivity contribution in [2.75, 3.05) is 46.8 Å². The molecule has 0 saturated carbocycles. The first-order valence-corrected chi connectivity index (χ1v) is 4.64. The number of methoxy groups -OCH3 is 1. The third-order valence-electron chi connectivity index (χ3n) is 0.804. The van der Waals surface area contributed by atoms with Gasteiger partial charge in [-0.15, -0.1) is 0 Å². The second-order valence-corrected chi connectivity index (χ2v) is 1.95. The van der Waals surface area contributed by atoms with E-state index in [1.165, 1.54) is 0 Å². The van der Waals surface area contributed by atoms with Gasteiger partial charge in [-0.2, -0.15) is 0 Å². The third-order valence-corrected chi connectivity index (χ3v) is 0.804. The van der Waals surface area contributed by atoms with Crippen LogP contribution in [-0.2, 0) is 9.47 Å². The molecule has 0 spiro atoms. The molecule has 0 bridgehead atoms. The van der Waals surface area contributed by atoms with E-state index in [0.29, 0.717) is 6.61 Å². The van der Waals surface area contributed by atoms with Crippen LogP contribution in [0.1, 0.15) is 13.8 Å². The zero-order chi connectivity index (χ0) is 11.7. The molecule has 0 rings (SSSR count). The number of aliphatic hydroxyl groups excluding tert-OH is 3. The van der Waals surface area contributed by atoms with Gasteiger partial charge in [-0.25, -0.2) is 0 Å². The molecule has 0 aromatic carbocycles. The third kappa shape index (κ3) is 59.7. The highest BCUT2D eigenvalue weighted by Gasteiger charge is 1.67. The average Bonchev–Trinajstić information content (AvgIpc) is 2.22. The average molecular weight is 212 g/mol. The zero-order valence-electron chi connectivity index (χ0n) is 9.40. The number of ether oxygens (including phenoxy) is 2. The summed E-state index contributed by atoms with van der Waals surface area (Å²) in [6.45, 7) is 5.98. The molecule has 0 fully saturated rings. The summed E-state index contributed by atoms with van der Waals surface area (Å²) < 4.78 is 9.27. The van der Waals surface area contributed by atoms with Crippen molar-refractivity contribution in [1.29, 1.82) is 0 Å². The van der Waals surface area contributed by atoms with Crippen molar-refractivity contribution in [1.82, 2.24) is 0 Å². The first-order chi connectivity index (χ1) is 6.74. The van der Waals surface area contributed by atoms with Gasteiger partial charge in [-0.05, 0) is 13.8 Å². The molecule has 0 saturated heterocycles. The van der Waals surface area contributed by atoms with E-state index < -0.39 is 0 Å². The van der Waals surface area contributed by atoms with E-state index in [-0.39, 0.29) is 19.8 Å². The van der Waals surface area contributed by atoms with Crippen LogP contribution >= 0.6 is 0 Å². The van der Waals surface area contributed by atoms with Crippen molar-refractivity contribution in [3.63, 3.8) is 0 Å². The Kier molecular flexibility index (Phi) is 40.6. The first kappa shape index (κ1) is 19.4. The van der Waals surface area contributed by atoms with Crippen molar-refractivity contribution in [3.8, 4) is 0 Å². The van der Waals surface area contributed by atoms with Gasteiger partial charge in [0, 0.05) is 20.3 Å². The Balaban J connectivity index is -0.000000131. The van der Waals surface area contributed by atoms with Gasteiger partial charge in [0.05, 0.1) is 26.4 Å². The molecule has 0 aliphatic carbocycles. The summed E-state index contributed by atoms with van der Waals surface area (Å²) in [5, 5.41) is 23.2. The van der Waals surface area contributed by atoms with E-state index in [0.717, 1.165) is 13.2 Å². The predicted molar refractivity (Wildman–Crippen MR) is 55.3 cm³/mol. The number of hydrogen-bond acceptors (Lipinski definition) is 5. The summed E-state index contributed by atoms with van der Waals surface area (Å²) in [6.07, 6.45) is 0. The van der Waals surface area contributed by atoms with Crippen LogP contribution in [0.15, 0.2) is 0 Å². The van der Waals surface area contributed by atoms with Gasteiger partial charge in [0.2, 0.25) is 0 Å². The number of rotatable bonds is 5. The van der Waals surface area contributed by atoms with E-state index >= 15 is 0 Å². The summed E-state index contributed by atoms with van der Waals surface area (Å²) in [4.78, 5) is 0. The molecule has 0 aliphatic heterocycles. The van der Waals surface area contributed by atoms with Crippen molar-refractivity contribution in [3.05, 3.63) is 0 Å². The highest BCUT2D eigenvalue weighted by molar-refractivity contribution is 4.13. The van der Waals surface area contributed by atoms with Crippen LogP contribution in [0.25, 0.3) is 0 Å². The minimum absolute atomic E-state index is 0.122. The Labute approximate surface area is 86.3 Å². The monoisotopic (exact) mass is 212 g/mol. The first-order valence-electron chi connectivity index (χ1n) is 4.64. The fourth-order valence-electron chi connectivity index (χ4n) is 0.295. The molecule has 0 aromatic rings. The standard InChI is InChI=1S/C4H10O.C3H8O2.C2H6O2/c1-3-5-4-2;1-5-3-2-4;3-1-2-4/h3-4H2,1-2H3;4H,2-3H2,1H3;3-4H,1-2H2. The van der Waals surface area contributed by atoms with Crippen molar-refractivity contribution in [2.45, 2.75) is 13.8 Å². The lowest BCUT2D eigenvalue weighted by molar-refractivity contribution is 0.135. The van der Waals surface area contributed by atoms with E-state index in [4.69, 9.17) is 20.1 Å². The SMILES string of the molecule is CCOCC.COCCO.OCCO. The summed E-state index contributed by atoms with van der Waals surface area (Å²) in [5.41, 5.74) is 0. The maximum atomic E-state index is 7.94. The predicted octanol–water partition coefficient (Wildman–Crippen LogP) is -0.361. The lowest BCUT2D eigenvalue weighted by Gasteiger charge is -1.86. The molecular weight excluding hydrogens is 188 g/mol. The second kappa shape index (κ2) is 29.3. The molecule has 90 valence electrons. The second-order valence-electron chi connectivity index (χ2n) is 1.95. The minimum atomic E-state index is -0.125. The molecule has 0 radical (unpaired) electrons. The van der Waals surface area contributed by atoms with Gasteiger partial charge in [0.15, 0.2) is 0 Å². The Morgan fingerprint density at radius 1 is 0.857 bits per heavy atom. The molecule has 0 amide bonds. The summed E-state index contributed by atoms with van der Waals surface area (Å²) in [6, 6.07) is 0. The summed E-state index contributed by atoms with van der Waals surface area (Å²) >= 11 is 0. The topological polar surface area (TPSA) is 79.2 Å². The van der Waals surface area contributed by atoms with Gasteiger partial charge in [0.25, 0.3) is 0 Å². The fourth-order valence-corrected chi connectivity index (χ4v) is 0.295. The number of aliphatic hydroxyl groups is 3. The lowest BCUT2D eigenvalue weighted by atomic mass is 10.8. The quantitative estimate of drug-likeness (QED) is 0.580. The molecule has 0 atom stereocenters. The van der Waals surface area contributed by atoms with Crippen molar-refractivity contribution < 1.29 is 24.8 Å². The van der Waals surface area contributed by atoms with Crippen LogP contribution in [-0.4, -0.2) is 62.1 Å². The smallest absolute Gasteiger partial charge is 0.0693 e. The summed E-state index contributed by atoms with van der Waals surface area (Å²) in [5.74, 6) is 0. The molecule has 3 N–H and O–H groups in total. The van der Waals surface area contributed by atoms with Crippen LogP contribution in [0, 0.1) is 0 Å².